The van der Waals surface area contributed by atoms with Gasteiger partial charge in [0, 0.05) is 12.8 Å². The Hall–Kier alpha value is -2.22. The normalized spacial score (nSPS) is 14.1. The molecule has 0 saturated carbocycles. The number of carboxylic acids is 1. The van der Waals surface area contributed by atoms with E-state index in [1.165, 1.54) is 25.7 Å². The molecular formula is C34H59NO6. The van der Waals surface area contributed by atoms with Crippen LogP contribution in [0.1, 0.15) is 103 Å². The molecule has 0 aliphatic carbocycles. The number of likely N-dealkylation sites (N-methyl/N-ethyl adjacent to an activating group) is 1. The van der Waals surface area contributed by atoms with E-state index < -0.39 is 18.1 Å². The molecule has 41 heavy (non-hydrogen) atoms. The summed E-state index contributed by atoms with van der Waals surface area (Å²) in [4.78, 5) is 23.1. The molecule has 0 rings (SSSR count). The van der Waals surface area contributed by atoms with Gasteiger partial charge in [-0.2, -0.15) is 0 Å². The fraction of sp³-hybridized carbons (Fsp3) is 0.706. The number of carboxylic acid groups (broad SMARTS) is 1. The second-order valence-corrected chi connectivity index (χ2v) is 11.5. The Balaban J connectivity index is 3.61. The zero-order valence-electron chi connectivity index (χ0n) is 26.4. The van der Waals surface area contributed by atoms with Crippen molar-refractivity contribution in [1.82, 2.24) is 0 Å². The number of aliphatic hydroxyl groups is 1. The molecule has 0 saturated heterocycles. The highest BCUT2D eigenvalue weighted by atomic mass is 16.5. The number of quaternary nitrogens is 1. The summed E-state index contributed by atoms with van der Waals surface area (Å²) >= 11 is 0. The topological polar surface area (TPSA) is 95.9 Å². The Kier molecular flexibility index (Phi) is 25.2. The summed E-state index contributed by atoms with van der Waals surface area (Å²) in [5.41, 5.74) is 0. The average Bonchev–Trinajstić information content (AvgIpc) is 2.91. The number of nitrogens with zero attached hydrogens (tertiary/aromatic N) is 1. The number of hydrogen-bond donors (Lipinski definition) is 1. The van der Waals surface area contributed by atoms with Gasteiger partial charge in [0.05, 0.1) is 40.3 Å². The summed E-state index contributed by atoms with van der Waals surface area (Å²) in [5, 5.41) is 21.2. The predicted octanol–water partition coefficient (Wildman–Crippen LogP) is 5.83. The zero-order valence-corrected chi connectivity index (χ0v) is 26.4. The molecule has 0 heterocycles. The Morgan fingerprint density at radius 3 is 1.80 bits per heavy atom. The molecule has 236 valence electrons. The molecule has 0 aromatic carbocycles. The molecule has 0 amide bonds. The minimum atomic E-state index is -1.12. The maximum atomic E-state index is 11.9. The van der Waals surface area contributed by atoms with Crippen LogP contribution < -0.4 is 5.11 Å². The van der Waals surface area contributed by atoms with Gasteiger partial charge in [0.15, 0.2) is 0 Å². The molecule has 0 aliphatic rings. The highest BCUT2D eigenvalue weighted by Crippen LogP contribution is 2.10. The molecule has 0 spiro atoms. The van der Waals surface area contributed by atoms with Crippen LogP contribution >= 0.6 is 0 Å². The third kappa shape index (κ3) is 26.4. The smallest absolute Gasteiger partial charge is 0.305 e. The van der Waals surface area contributed by atoms with Crippen molar-refractivity contribution in [1.29, 1.82) is 0 Å². The highest BCUT2D eigenvalue weighted by molar-refractivity contribution is 5.69. The van der Waals surface area contributed by atoms with Gasteiger partial charge >= 0.3 is 5.97 Å². The molecule has 7 heteroatoms. The Labute approximate surface area is 250 Å². The van der Waals surface area contributed by atoms with Crippen molar-refractivity contribution in [3.05, 3.63) is 48.6 Å². The molecule has 2 unspecified atom stereocenters. The first-order valence-electron chi connectivity index (χ1n) is 15.7. The lowest BCUT2D eigenvalue weighted by molar-refractivity contribution is -0.889. The quantitative estimate of drug-likeness (QED) is 0.0571. The molecule has 0 aromatic rings. The van der Waals surface area contributed by atoms with E-state index >= 15 is 0 Å². The summed E-state index contributed by atoms with van der Waals surface area (Å²) in [7, 11) is 5.34. The van der Waals surface area contributed by atoms with Crippen molar-refractivity contribution < 1.29 is 33.8 Å². The van der Waals surface area contributed by atoms with Crippen molar-refractivity contribution in [2.24, 2.45) is 0 Å². The van der Waals surface area contributed by atoms with E-state index in [1.54, 1.807) is 21.1 Å². The van der Waals surface area contributed by atoms with E-state index in [-0.39, 0.29) is 36.7 Å². The summed E-state index contributed by atoms with van der Waals surface area (Å²) < 4.78 is 10.7. The Bertz CT molecular complexity index is 766. The van der Waals surface area contributed by atoms with Crippen LogP contribution in [0.25, 0.3) is 0 Å². The number of aliphatic hydroxyl groups excluding tert-OH is 1. The van der Waals surface area contributed by atoms with Crippen LogP contribution in [0.15, 0.2) is 48.6 Å². The molecule has 0 aliphatic heterocycles. The number of allylic oxidation sites excluding steroid dienone is 8. The van der Waals surface area contributed by atoms with Crippen LogP contribution in [0.4, 0.5) is 0 Å². The molecule has 0 fully saturated rings. The first-order valence-corrected chi connectivity index (χ1v) is 15.7. The maximum absolute atomic E-state index is 11.9. The number of esters is 1. The number of ether oxygens (including phenoxy) is 2. The molecule has 7 nitrogen and oxygen atoms in total. The molecule has 0 bridgehead atoms. The summed E-state index contributed by atoms with van der Waals surface area (Å²) in [6, 6.07) is -0.690. The van der Waals surface area contributed by atoms with E-state index in [0.717, 1.165) is 57.8 Å². The van der Waals surface area contributed by atoms with E-state index in [9.17, 15) is 19.8 Å². The summed E-state index contributed by atoms with van der Waals surface area (Å²) in [6.07, 6.45) is 32.0. The average molecular weight is 578 g/mol. The first kappa shape index (κ1) is 38.8. The van der Waals surface area contributed by atoms with E-state index in [2.05, 4.69) is 55.5 Å². The van der Waals surface area contributed by atoms with Gasteiger partial charge in [-0.15, -0.1) is 0 Å². The third-order valence-electron chi connectivity index (χ3n) is 6.70. The van der Waals surface area contributed by atoms with Gasteiger partial charge in [-0.25, -0.2) is 0 Å². The maximum Gasteiger partial charge on any atom is 0.305 e. The van der Waals surface area contributed by atoms with Gasteiger partial charge in [0.1, 0.15) is 18.8 Å². The van der Waals surface area contributed by atoms with E-state index in [4.69, 9.17) is 9.47 Å². The van der Waals surface area contributed by atoms with Crippen LogP contribution in [-0.2, 0) is 19.1 Å². The second-order valence-electron chi connectivity index (χ2n) is 11.5. The number of unbranched alkanes of at least 4 members (excludes halogenated alkanes) is 8. The molecule has 1 N–H and O–H groups in total. The summed E-state index contributed by atoms with van der Waals surface area (Å²) in [6.45, 7) is 2.29. The van der Waals surface area contributed by atoms with Crippen LogP contribution in [0.5, 0.6) is 0 Å². The minimum absolute atomic E-state index is 0.0103. The minimum Gasteiger partial charge on any atom is -0.544 e. The van der Waals surface area contributed by atoms with Crippen molar-refractivity contribution >= 4 is 11.9 Å². The van der Waals surface area contributed by atoms with Crippen molar-refractivity contribution in [3.8, 4) is 0 Å². The van der Waals surface area contributed by atoms with Gasteiger partial charge in [0.2, 0.25) is 0 Å². The van der Waals surface area contributed by atoms with Crippen molar-refractivity contribution in [3.63, 3.8) is 0 Å². The third-order valence-corrected chi connectivity index (χ3v) is 6.70. The molecular weight excluding hydrogens is 518 g/mol. The van der Waals surface area contributed by atoms with Gasteiger partial charge in [-0.05, 0) is 51.4 Å². The number of rotatable bonds is 27. The predicted molar refractivity (Wildman–Crippen MR) is 166 cm³/mol. The largest absolute Gasteiger partial charge is 0.544 e. The zero-order chi connectivity index (χ0) is 30.6. The van der Waals surface area contributed by atoms with Gasteiger partial charge in [0.25, 0.3) is 0 Å². The number of carbonyl (C=O) groups is 2. The fourth-order valence-corrected chi connectivity index (χ4v) is 4.17. The van der Waals surface area contributed by atoms with E-state index in [1.807, 2.05) is 0 Å². The van der Waals surface area contributed by atoms with Crippen LogP contribution in [-0.4, -0.2) is 74.6 Å². The second kappa shape index (κ2) is 26.7. The SMILES string of the molecule is CCCCC/C=C/C/C=C/C/C=C/C/C=C/CCCCCCCC(=O)OCC(O)COCCC(C(=O)[O-])[N+](C)(C)C. The number of carbonyl (C=O) groups excluding carboxylic acids is 2. The Morgan fingerprint density at radius 2 is 1.27 bits per heavy atom. The standard InChI is InChI=1S/C34H59NO6/c1-5-6-7-8-9-10-11-12-13-14-15-16-17-18-19-20-21-22-23-24-25-26-33(37)41-30-31(36)29-40-28-27-32(34(38)39)35(2,3)4/h9-10,12-13,15-16,18-19,31-32,36H,5-8,11,14,17,20-30H2,1-4H3/b10-9+,13-12+,16-15+,19-18+. The lowest BCUT2D eigenvalue weighted by Gasteiger charge is -2.34. The van der Waals surface area contributed by atoms with Gasteiger partial charge < -0.3 is 29.0 Å². The Morgan fingerprint density at radius 1 is 0.756 bits per heavy atom. The first-order chi connectivity index (χ1) is 19.7. The number of hydrogen-bond acceptors (Lipinski definition) is 6. The van der Waals surface area contributed by atoms with Crippen LogP contribution in [0.3, 0.4) is 0 Å². The summed E-state index contributed by atoms with van der Waals surface area (Å²) in [5.74, 6) is -1.44. The number of aliphatic carboxylic acids is 1. The lowest BCUT2D eigenvalue weighted by atomic mass is 10.1. The van der Waals surface area contributed by atoms with Crippen molar-refractivity contribution in [2.75, 3.05) is 41.0 Å². The fourth-order valence-electron chi connectivity index (χ4n) is 4.17. The molecule has 2 atom stereocenters. The lowest BCUT2D eigenvalue weighted by Crippen LogP contribution is -2.55. The van der Waals surface area contributed by atoms with Crippen LogP contribution in [0.2, 0.25) is 0 Å². The molecule has 0 radical (unpaired) electrons. The molecule has 0 aromatic heterocycles. The highest BCUT2D eigenvalue weighted by Gasteiger charge is 2.24. The van der Waals surface area contributed by atoms with Crippen molar-refractivity contribution in [2.45, 2.75) is 115 Å². The van der Waals surface area contributed by atoms with Gasteiger partial charge in [-0.1, -0.05) is 87.6 Å². The van der Waals surface area contributed by atoms with Crippen LogP contribution in [0, 0.1) is 0 Å². The monoisotopic (exact) mass is 577 g/mol. The van der Waals surface area contributed by atoms with E-state index in [0.29, 0.717) is 6.42 Å². The van der Waals surface area contributed by atoms with Gasteiger partial charge in [-0.3, -0.25) is 4.79 Å².